The Balaban J connectivity index is 1.91. The Bertz CT molecular complexity index is 1160. The summed E-state index contributed by atoms with van der Waals surface area (Å²) in [7, 11) is -6.39. The fourth-order valence-corrected chi connectivity index (χ4v) is 6.69. The number of rotatable bonds is 8. The topological polar surface area (TPSA) is 89.5 Å². The van der Waals surface area contributed by atoms with E-state index in [1.807, 2.05) is 0 Å². The van der Waals surface area contributed by atoms with E-state index in [1.54, 1.807) is 11.4 Å². The minimum absolute atomic E-state index is 0.0234. The Morgan fingerprint density at radius 2 is 1.66 bits per heavy atom. The number of methoxy groups -OCH3 is 1. The lowest BCUT2D eigenvalue weighted by atomic mass is 10.1. The molecule has 3 rings (SSSR count). The summed E-state index contributed by atoms with van der Waals surface area (Å²) in [6, 6.07) is 13.7. The Morgan fingerprint density at radius 3 is 2.21 bits per heavy atom. The Morgan fingerprint density at radius 1 is 1.00 bits per heavy atom. The van der Waals surface area contributed by atoms with Gasteiger partial charge in [-0.2, -0.15) is 0 Å². The van der Waals surface area contributed by atoms with Crippen molar-refractivity contribution in [3.05, 3.63) is 77.4 Å². The van der Waals surface area contributed by atoms with Crippen LogP contribution in [0.5, 0.6) is 5.75 Å². The van der Waals surface area contributed by atoms with Crippen molar-refractivity contribution in [1.82, 2.24) is 4.72 Å². The van der Waals surface area contributed by atoms with Gasteiger partial charge in [-0.1, -0.05) is 18.2 Å². The lowest BCUT2D eigenvalue weighted by Gasteiger charge is -2.18. The van der Waals surface area contributed by atoms with Crippen molar-refractivity contribution >= 4 is 31.2 Å². The molecule has 0 unspecified atom stereocenters. The van der Waals surface area contributed by atoms with E-state index in [1.165, 1.54) is 49.6 Å². The maximum absolute atomic E-state index is 13.3. The van der Waals surface area contributed by atoms with E-state index in [-0.39, 0.29) is 14.7 Å². The highest BCUT2D eigenvalue weighted by Crippen LogP contribution is 2.31. The number of thiophene rings is 1. The van der Waals surface area contributed by atoms with Crippen molar-refractivity contribution in [2.24, 2.45) is 0 Å². The third kappa shape index (κ3) is 4.84. The van der Waals surface area contributed by atoms with Crippen LogP contribution in [0, 0.1) is 5.82 Å². The van der Waals surface area contributed by atoms with Crippen LogP contribution in [0.3, 0.4) is 0 Å². The number of halogens is 1. The van der Waals surface area contributed by atoms with Gasteiger partial charge in [0.1, 0.15) is 21.0 Å². The minimum atomic E-state index is -3.97. The molecule has 0 saturated carbocycles. The van der Waals surface area contributed by atoms with Crippen LogP contribution in [0.25, 0.3) is 0 Å². The molecule has 10 heteroatoms. The Kier molecular flexibility index (Phi) is 6.37. The summed E-state index contributed by atoms with van der Waals surface area (Å²) in [5.41, 5.74) is 0.289. The number of hydrogen-bond acceptors (Lipinski definition) is 6. The molecule has 154 valence electrons. The van der Waals surface area contributed by atoms with Gasteiger partial charge < -0.3 is 4.74 Å². The average molecular weight is 456 g/mol. The third-order valence-electron chi connectivity index (χ3n) is 4.22. The molecule has 0 fully saturated rings. The highest BCUT2D eigenvalue weighted by molar-refractivity contribution is 7.93. The monoisotopic (exact) mass is 455 g/mol. The molecule has 6 nitrogen and oxygen atoms in total. The number of hydrogen-bond donors (Lipinski definition) is 1. The molecule has 0 bridgehead atoms. The molecule has 1 atom stereocenters. The molecule has 0 aliphatic rings. The number of sulfonamides is 1. The van der Waals surface area contributed by atoms with Crippen LogP contribution in [-0.2, 0) is 19.9 Å². The molecule has 2 aromatic carbocycles. The molecule has 1 heterocycles. The summed E-state index contributed by atoms with van der Waals surface area (Å²) < 4.78 is 72.2. The van der Waals surface area contributed by atoms with Crippen LogP contribution in [-0.4, -0.2) is 30.5 Å². The van der Waals surface area contributed by atoms with E-state index in [2.05, 4.69) is 4.72 Å². The molecule has 3 aromatic rings. The predicted molar refractivity (Wildman–Crippen MR) is 109 cm³/mol. The predicted octanol–water partition coefficient (Wildman–Crippen LogP) is 3.39. The normalized spacial score (nSPS) is 13.2. The van der Waals surface area contributed by atoms with Crippen molar-refractivity contribution in [2.45, 2.75) is 14.4 Å². The molecule has 1 N–H and O–H groups in total. The van der Waals surface area contributed by atoms with E-state index in [0.29, 0.717) is 5.75 Å². The second-order valence-corrected chi connectivity index (χ2v) is 11.1. The zero-order chi connectivity index (χ0) is 21.1. The number of benzene rings is 2. The smallest absolute Gasteiger partial charge is 0.240 e. The van der Waals surface area contributed by atoms with Gasteiger partial charge >= 0.3 is 0 Å². The minimum Gasteiger partial charge on any atom is -0.497 e. The SMILES string of the molecule is COc1ccc(S(=O)(=O)NC[C@H](c2ccc(F)cc2)S(=O)(=O)c2cccs2)cc1. The van der Waals surface area contributed by atoms with Crippen LogP contribution in [0.2, 0.25) is 0 Å². The zero-order valence-corrected chi connectivity index (χ0v) is 17.7. The van der Waals surface area contributed by atoms with Crippen LogP contribution in [0.15, 0.2) is 75.1 Å². The first kappa shape index (κ1) is 21.4. The van der Waals surface area contributed by atoms with Gasteiger partial charge in [-0.25, -0.2) is 25.9 Å². The van der Waals surface area contributed by atoms with Gasteiger partial charge in [0.05, 0.1) is 12.0 Å². The van der Waals surface area contributed by atoms with Crippen molar-refractivity contribution in [2.75, 3.05) is 13.7 Å². The highest BCUT2D eigenvalue weighted by Gasteiger charge is 2.31. The lowest BCUT2D eigenvalue weighted by molar-refractivity contribution is 0.414. The van der Waals surface area contributed by atoms with Crippen LogP contribution < -0.4 is 9.46 Å². The molecule has 0 saturated heterocycles. The highest BCUT2D eigenvalue weighted by atomic mass is 32.2. The molecule has 0 aliphatic heterocycles. The quantitative estimate of drug-likeness (QED) is 0.562. The summed E-state index contributed by atoms with van der Waals surface area (Å²) in [5, 5.41) is 0.408. The summed E-state index contributed by atoms with van der Waals surface area (Å²) in [6.45, 7) is -0.403. The van der Waals surface area contributed by atoms with Gasteiger partial charge in [-0.05, 0) is 53.4 Å². The van der Waals surface area contributed by atoms with E-state index in [0.717, 1.165) is 23.5 Å². The van der Waals surface area contributed by atoms with Crippen molar-refractivity contribution in [3.63, 3.8) is 0 Å². The van der Waals surface area contributed by atoms with Gasteiger partial charge in [-0.15, -0.1) is 11.3 Å². The Labute approximate surface area is 172 Å². The van der Waals surface area contributed by atoms with Gasteiger partial charge in [0, 0.05) is 6.54 Å². The van der Waals surface area contributed by atoms with E-state index < -0.39 is 37.5 Å². The van der Waals surface area contributed by atoms with E-state index >= 15 is 0 Å². The molecule has 29 heavy (non-hydrogen) atoms. The number of sulfone groups is 1. The van der Waals surface area contributed by atoms with Crippen molar-refractivity contribution in [3.8, 4) is 5.75 Å². The van der Waals surface area contributed by atoms with Crippen LogP contribution in [0.1, 0.15) is 10.8 Å². The summed E-state index contributed by atoms with van der Waals surface area (Å²) in [5.74, 6) is -0.0201. The molecule has 1 aromatic heterocycles. The van der Waals surface area contributed by atoms with E-state index in [9.17, 15) is 21.2 Å². The zero-order valence-electron chi connectivity index (χ0n) is 15.3. The molecule has 0 aliphatic carbocycles. The van der Waals surface area contributed by atoms with Gasteiger partial charge in [0.15, 0.2) is 9.84 Å². The first-order chi connectivity index (χ1) is 13.7. The first-order valence-corrected chi connectivity index (χ1v) is 12.3. The van der Waals surface area contributed by atoms with Crippen LogP contribution in [0.4, 0.5) is 4.39 Å². The standard InChI is InChI=1S/C19H18FNO5S3/c1-26-16-8-10-17(11-9-16)29(24,25)21-13-18(14-4-6-15(20)7-5-14)28(22,23)19-3-2-12-27-19/h2-12,18,21H,13H2,1H3/t18-/m1/s1. The molecule has 0 spiro atoms. The summed E-state index contributed by atoms with van der Waals surface area (Å²) >= 11 is 1.04. The molecular weight excluding hydrogens is 437 g/mol. The lowest BCUT2D eigenvalue weighted by Crippen LogP contribution is -2.31. The summed E-state index contributed by atoms with van der Waals surface area (Å²) in [4.78, 5) is -0.0234. The van der Waals surface area contributed by atoms with Gasteiger partial charge in [-0.3, -0.25) is 0 Å². The fraction of sp³-hybridized carbons (Fsp3) is 0.158. The van der Waals surface area contributed by atoms with E-state index in [4.69, 9.17) is 4.74 Å². The third-order valence-corrected chi connectivity index (χ3v) is 9.19. The average Bonchev–Trinajstić information content (AvgIpc) is 3.25. The fourth-order valence-electron chi connectivity index (χ4n) is 2.67. The largest absolute Gasteiger partial charge is 0.497 e. The maximum Gasteiger partial charge on any atom is 0.240 e. The van der Waals surface area contributed by atoms with Crippen molar-refractivity contribution in [1.29, 1.82) is 0 Å². The van der Waals surface area contributed by atoms with Gasteiger partial charge in [0.2, 0.25) is 10.0 Å². The molecule has 0 amide bonds. The second kappa shape index (κ2) is 8.62. The Hall–Kier alpha value is -2.27. The molecule has 0 radical (unpaired) electrons. The first-order valence-electron chi connectivity index (χ1n) is 8.40. The van der Waals surface area contributed by atoms with Crippen LogP contribution >= 0.6 is 11.3 Å². The number of nitrogens with one attached hydrogen (secondary N) is 1. The summed E-state index contributed by atoms with van der Waals surface area (Å²) in [6.07, 6.45) is 0. The van der Waals surface area contributed by atoms with Gasteiger partial charge in [0.25, 0.3) is 0 Å². The maximum atomic E-state index is 13.3. The van der Waals surface area contributed by atoms with Crippen molar-refractivity contribution < 1.29 is 26.0 Å². The number of ether oxygens (including phenoxy) is 1. The second-order valence-electron chi connectivity index (χ2n) is 6.04. The molecular formula is C19H18FNO5S3.